The number of nitrogens with zero attached hydrogens (tertiary/aromatic N) is 2. The van der Waals surface area contributed by atoms with Crippen LogP contribution in [0.15, 0.2) is 27.8 Å². The van der Waals surface area contributed by atoms with Crippen LogP contribution in [0.2, 0.25) is 0 Å². The molecule has 0 radical (unpaired) electrons. The molecule has 0 aliphatic carbocycles. The highest BCUT2D eigenvalue weighted by Crippen LogP contribution is 2.17. The van der Waals surface area contributed by atoms with Gasteiger partial charge in [-0.2, -0.15) is 0 Å². The molecule has 0 aliphatic rings. The average molecular weight is 472 g/mol. The summed E-state index contributed by atoms with van der Waals surface area (Å²) in [6, 6.07) is 3.90. The number of sulfone groups is 1. The van der Waals surface area contributed by atoms with Gasteiger partial charge in [0.1, 0.15) is 15.6 Å². The van der Waals surface area contributed by atoms with Crippen LogP contribution in [0.3, 0.4) is 0 Å². The number of hydrogen-bond acceptors (Lipinski definition) is 5. The molecule has 2 unspecified atom stereocenters. The Hall–Kier alpha value is -0.810. The molecule has 0 fully saturated rings. The molecule has 0 aromatic carbocycles. The van der Waals surface area contributed by atoms with E-state index in [4.69, 9.17) is 4.42 Å². The van der Waals surface area contributed by atoms with Crippen LogP contribution in [-0.4, -0.2) is 65.0 Å². The summed E-state index contributed by atoms with van der Waals surface area (Å²) in [7, 11) is 2.71. The number of aliphatic imine (C=N–C) groups is 1. The molecule has 0 spiro atoms. The summed E-state index contributed by atoms with van der Waals surface area (Å²) >= 11 is 0. The summed E-state index contributed by atoms with van der Waals surface area (Å²) in [5.74, 6) is 1.68. The Morgan fingerprint density at radius 2 is 2.08 bits per heavy atom. The minimum absolute atomic E-state index is 0. The van der Waals surface area contributed by atoms with Crippen molar-refractivity contribution >= 4 is 39.8 Å². The number of likely N-dealkylation sites (N-methyl/N-ethyl adjacent to an activating group) is 1. The van der Waals surface area contributed by atoms with Gasteiger partial charge in [0.2, 0.25) is 0 Å². The van der Waals surface area contributed by atoms with E-state index >= 15 is 0 Å². The predicted octanol–water partition coefficient (Wildman–Crippen LogP) is 1.49. The van der Waals surface area contributed by atoms with E-state index in [0.717, 1.165) is 5.76 Å². The van der Waals surface area contributed by atoms with Crippen molar-refractivity contribution in [3.8, 4) is 0 Å². The molecule has 0 saturated heterocycles. The van der Waals surface area contributed by atoms with E-state index in [0.29, 0.717) is 18.9 Å². The highest BCUT2D eigenvalue weighted by Gasteiger charge is 2.17. The maximum absolute atomic E-state index is 11.2. The third-order valence-corrected chi connectivity index (χ3v) is 4.46. The largest absolute Gasteiger partial charge is 0.468 e. The van der Waals surface area contributed by atoms with Crippen molar-refractivity contribution in [2.75, 3.05) is 39.7 Å². The lowest BCUT2D eigenvalue weighted by Gasteiger charge is -2.24. The topological polar surface area (TPSA) is 86.9 Å². The second kappa shape index (κ2) is 10.9. The normalized spacial score (nSPS) is 14.8. The van der Waals surface area contributed by atoms with E-state index < -0.39 is 9.84 Å². The van der Waals surface area contributed by atoms with E-state index in [9.17, 15) is 8.42 Å². The van der Waals surface area contributed by atoms with Gasteiger partial charge in [-0.3, -0.25) is 9.89 Å². The van der Waals surface area contributed by atoms with Crippen molar-refractivity contribution in [3.05, 3.63) is 24.2 Å². The third-order valence-electron chi connectivity index (χ3n) is 3.49. The van der Waals surface area contributed by atoms with Crippen LogP contribution in [0.4, 0.5) is 0 Å². The Morgan fingerprint density at radius 3 is 2.54 bits per heavy atom. The number of nitrogens with one attached hydrogen (secondary N) is 2. The lowest BCUT2D eigenvalue weighted by molar-refractivity contribution is 0.258. The minimum atomic E-state index is -2.95. The quantitative estimate of drug-likeness (QED) is 0.339. The molecule has 2 atom stereocenters. The third kappa shape index (κ3) is 8.88. The van der Waals surface area contributed by atoms with Crippen LogP contribution in [-0.2, 0) is 9.84 Å². The highest BCUT2D eigenvalue weighted by atomic mass is 127. The summed E-state index contributed by atoms with van der Waals surface area (Å²) in [4.78, 5) is 6.24. The van der Waals surface area contributed by atoms with Gasteiger partial charge < -0.3 is 15.1 Å². The number of hydrogen-bond donors (Lipinski definition) is 2. The Labute approximate surface area is 162 Å². The highest BCUT2D eigenvalue weighted by molar-refractivity contribution is 14.0. The molecule has 0 amide bonds. The molecule has 0 aliphatic heterocycles. The number of guanidine groups is 1. The zero-order valence-electron chi connectivity index (χ0n) is 14.9. The Kier molecular flexibility index (Phi) is 10.6. The van der Waals surface area contributed by atoms with Crippen LogP contribution in [0.5, 0.6) is 0 Å². The van der Waals surface area contributed by atoms with Crippen LogP contribution < -0.4 is 10.6 Å². The molecule has 0 saturated carbocycles. The van der Waals surface area contributed by atoms with Crippen LogP contribution >= 0.6 is 24.0 Å². The maximum Gasteiger partial charge on any atom is 0.191 e. The minimum Gasteiger partial charge on any atom is -0.468 e. The van der Waals surface area contributed by atoms with E-state index in [1.807, 2.05) is 33.2 Å². The van der Waals surface area contributed by atoms with Gasteiger partial charge in [-0.15, -0.1) is 24.0 Å². The maximum atomic E-state index is 11.2. The summed E-state index contributed by atoms with van der Waals surface area (Å²) in [5.41, 5.74) is 0. The lowest BCUT2D eigenvalue weighted by atomic mass is 10.2. The molecule has 0 bridgehead atoms. The predicted molar refractivity (Wildman–Crippen MR) is 109 cm³/mol. The Bertz CT molecular complexity index is 588. The van der Waals surface area contributed by atoms with E-state index in [2.05, 4.69) is 20.5 Å². The molecule has 1 heterocycles. The first-order valence-corrected chi connectivity index (χ1v) is 9.63. The average Bonchev–Trinajstić information content (AvgIpc) is 2.97. The van der Waals surface area contributed by atoms with Crippen LogP contribution in [0, 0.1) is 0 Å². The van der Waals surface area contributed by atoms with Gasteiger partial charge in [0.05, 0.1) is 18.1 Å². The van der Waals surface area contributed by atoms with Crippen molar-refractivity contribution in [2.45, 2.75) is 25.4 Å². The monoisotopic (exact) mass is 472 g/mol. The van der Waals surface area contributed by atoms with Crippen LogP contribution in [0.25, 0.3) is 0 Å². The molecule has 7 nitrogen and oxygen atoms in total. The molecular formula is C15H29IN4O3S. The smallest absolute Gasteiger partial charge is 0.191 e. The summed E-state index contributed by atoms with van der Waals surface area (Å²) in [6.45, 7) is 2.56. The van der Waals surface area contributed by atoms with Crippen molar-refractivity contribution in [1.29, 1.82) is 0 Å². The fraction of sp³-hybridized carbons (Fsp3) is 0.667. The fourth-order valence-electron chi connectivity index (χ4n) is 2.10. The van der Waals surface area contributed by atoms with Gasteiger partial charge in [-0.1, -0.05) is 0 Å². The van der Waals surface area contributed by atoms with Crippen molar-refractivity contribution in [2.24, 2.45) is 4.99 Å². The fourth-order valence-corrected chi connectivity index (χ4v) is 2.88. The second-order valence-electron chi connectivity index (χ2n) is 5.91. The van der Waals surface area contributed by atoms with Gasteiger partial charge >= 0.3 is 0 Å². The van der Waals surface area contributed by atoms with Crippen molar-refractivity contribution < 1.29 is 12.8 Å². The SMILES string of the molecule is CN=C(NCC(c1ccco1)N(C)C)NC(C)CCS(C)(=O)=O.I. The zero-order valence-corrected chi connectivity index (χ0v) is 18.1. The zero-order chi connectivity index (χ0) is 17.5. The molecule has 1 aromatic rings. The second-order valence-corrected chi connectivity index (χ2v) is 8.17. The molecule has 2 N–H and O–H groups in total. The van der Waals surface area contributed by atoms with E-state index in [1.165, 1.54) is 6.26 Å². The van der Waals surface area contributed by atoms with E-state index in [1.54, 1.807) is 13.3 Å². The van der Waals surface area contributed by atoms with Crippen molar-refractivity contribution in [1.82, 2.24) is 15.5 Å². The summed E-state index contributed by atoms with van der Waals surface area (Å²) in [6.07, 6.45) is 3.44. The van der Waals surface area contributed by atoms with Crippen molar-refractivity contribution in [3.63, 3.8) is 0 Å². The molecule has 1 aromatic heterocycles. The number of halogens is 1. The first kappa shape index (κ1) is 23.2. The Balaban J connectivity index is 0.00000529. The first-order chi connectivity index (χ1) is 10.7. The van der Waals surface area contributed by atoms with E-state index in [-0.39, 0.29) is 41.8 Å². The lowest BCUT2D eigenvalue weighted by Crippen LogP contribution is -2.45. The van der Waals surface area contributed by atoms with Gasteiger partial charge in [0.15, 0.2) is 5.96 Å². The molecule has 140 valence electrons. The number of rotatable bonds is 8. The first-order valence-electron chi connectivity index (χ1n) is 7.57. The molecular weight excluding hydrogens is 443 g/mol. The molecule has 24 heavy (non-hydrogen) atoms. The summed E-state index contributed by atoms with van der Waals surface area (Å²) in [5, 5.41) is 6.46. The van der Waals surface area contributed by atoms with Gasteiger partial charge in [-0.05, 0) is 39.6 Å². The van der Waals surface area contributed by atoms with Crippen LogP contribution in [0.1, 0.15) is 25.1 Å². The Morgan fingerprint density at radius 1 is 1.42 bits per heavy atom. The van der Waals surface area contributed by atoms with Gasteiger partial charge in [-0.25, -0.2) is 8.42 Å². The molecule has 9 heteroatoms. The standard InChI is InChI=1S/C15H28N4O3S.HI/c1-12(8-10-23(5,20)21)18-15(16-2)17-11-13(19(3)4)14-7-6-9-22-14;/h6-7,9,12-13H,8,10-11H2,1-5H3,(H2,16,17,18);1H. The van der Waals surface area contributed by atoms with Gasteiger partial charge in [0, 0.05) is 25.9 Å². The molecule has 1 rings (SSSR count). The number of furan rings is 1. The van der Waals surface area contributed by atoms with Gasteiger partial charge in [0.25, 0.3) is 0 Å². The summed E-state index contributed by atoms with van der Waals surface area (Å²) < 4.78 is 27.9.